The lowest BCUT2D eigenvalue weighted by Gasteiger charge is -2.06. The van der Waals surface area contributed by atoms with Gasteiger partial charge >= 0.3 is 0 Å². The van der Waals surface area contributed by atoms with Crippen LogP contribution in [0.3, 0.4) is 0 Å². The van der Waals surface area contributed by atoms with E-state index < -0.39 is 0 Å². The lowest BCUT2D eigenvalue weighted by Crippen LogP contribution is -2.22. The summed E-state index contributed by atoms with van der Waals surface area (Å²) in [5, 5.41) is 4.11. The molecule has 0 unspecified atom stereocenters. The first-order valence-electron chi connectivity index (χ1n) is 6.60. The number of rotatable bonds is 4. The Morgan fingerprint density at radius 1 is 1.24 bits per heavy atom. The molecule has 0 amide bonds. The maximum Gasteiger partial charge on any atom is 0.266 e. The zero-order chi connectivity index (χ0) is 14.8. The van der Waals surface area contributed by atoms with E-state index in [1.807, 2.05) is 11.5 Å². The summed E-state index contributed by atoms with van der Waals surface area (Å²) < 4.78 is 3.35. The first kappa shape index (κ1) is 13.2. The Hall–Kier alpha value is -2.77. The van der Waals surface area contributed by atoms with E-state index in [1.165, 1.54) is 11.0 Å². The van der Waals surface area contributed by atoms with Gasteiger partial charge in [-0.3, -0.25) is 4.79 Å². The van der Waals surface area contributed by atoms with Crippen molar-refractivity contribution in [2.45, 2.75) is 26.4 Å². The fourth-order valence-corrected chi connectivity index (χ4v) is 2.15. The minimum Gasteiger partial charge on any atom is -0.382 e. The third kappa shape index (κ3) is 2.60. The van der Waals surface area contributed by atoms with Crippen LogP contribution in [0.5, 0.6) is 0 Å². The first-order valence-corrected chi connectivity index (χ1v) is 6.60. The van der Waals surface area contributed by atoms with Crippen molar-refractivity contribution in [1.29, 1.82) is 0 Å². The average molecular weight is 285 g/mol. The summed E-state index contributed by atoms with van der Waals surface area (Å²) in [5.41, 5.74) is 7.82. The van der Waals surface area contributed by atoms with Crippen molar-refractivity contribution in [3.05, 3.63) is 40.8 Å². The number of anilines is 1. The van der Waals surface area contributed by atoms with Crippen LogP contribution in [0.2, 0.25) is 0 Å². The van der Waals surface area contributed by atoms with E-state index in [9.17, 15) is 4.79 Å². The summed E-state index contributed by atoms with van der Waals surface area (Å²) in [4.78, 5) is 24.0. The van der Waals surface area contributed by atoms with Crippen LogP contribution in [-0.4, -0.2) is 29.3 Å². The third-order valence-corrected chi connectivity index (χ3v) is 3.20. The van der Waals surface area contributed by atoms with Crippen molar-refractivity contribution >= 4 is 17.0 Å². The van der Waals surface area contributed by atoms with Crippen molar-refractivity contribution in [1.82, 2.24) is 29.3 Å². The largest absolute Gasteiger partial charge is 0.382 e. The molecule has 3 aromatic rings. The van der Waals surface area contributed by atoms with Crippen LogP contribution in [0.15, 0.2) is 29.7 Å². The SMILES string of the molecule is Cc1cnn(CCCn2cnc3c(N)ncnc32)c(=O)c1. The Labute approximate surface area is 120 Å². The zero-order valence-electron chi connectivity index (χ0n) is 11.6. The van der Waals surface area contributed by atoms with Crippen molar-refractivity contribution in [2.75, 3.05) is 5.73 Å². The predicted molar refractivity (Wildman–Crippen MR) is 77.6 cm³/mol. The van der Waals surface area contributed by atoms with E-state index in [2.05, 4.69) is 20.1 Å². The Kier molecular flexibility index (Phi) is 3.35. The number of hydrogen-bond donors (Lipinski definition) is 1. The zero-order valence-corrected chi connectivity index (χ0v) is 11.6. The molecule has 0 aliphatic heterocycles. The maximum atomic E-state index is 11.7. The second-order valence-electron chi connectivity index (χ2n) is 4.82. The van der Waals surface area contributed by atoms with Crippen molar-refractivity contribution in [3.63, 3.8) is 0 Å². The quantitative estimate of drug-likeness (QED) is 0.742. The van der Waals surface area contributed by atoms with Gasteiger partial charge in [0.05, 0.1) is 12.5 Å². The Morgan fingerprint density at radius 2 is 2.10 bits per heavy atom. The minimum atomic E-state index is -0.0861. The van der Waals surface area contributed by atoms with Crippen LogP contribution in [0, 0.1) is 6.92 Å². The van der Waals surface area contributed by atoms with E-state index in [0.717, 1.165) is 12.0 Å². The highest BCUT2D eigenvalue weighted by Crippen LogP contribution is 2.14. The molecule has 0 aliphatic carbocycles. The molecule has 108 valence electrons. The molecule has 0 aromatic carbocycles. The van der Waals surface area contributed by atoms with Gasteiger partial charge in [0.1, 0.15) is 11.8 Å². The topological polar surface area (TPSA) is 105 Å². The fraction of sp³-hybridized carbons (Fsp3) is 0.308. The Balaban J connectivity index is 1.72. The maximum absolute atomic E-state index is 11.7. The lowest BCUT2D eigenvalue weighted by atomic mass is 10.3. The van der Waals surface area contributed by atoms with Crippen LogP contribution in [0.25, 0.3) is 11.2 Å². The molecule has 3 rings (SSSR count). The molecule has 0 aliphatic rings. The van der Waals surface area contributed by atoms with Gasteiger partial charge in [0, 0.05) is 19.2 Å². The molecule has 2 N–H and O–H groups in total. The number of aryl methyl sites for hydroxylation is 3. The highest BCUT2D eigenvalue weighted by Gasteiger charge is 2.07. The molecule has 0 saturated heterocycles. The molecular weight excluding hydrogens is 270 g/mol. The predicted octanol–water partition coefficient (Wildman–Crippen LogP) is 0.364. The molecule has 0 bridgehead atoms. The van der Waals surface area contributed by atoms with Gasteiger partial charge < -0.3 is 10.3 Å². The molecule has 8 heteroatoms. The second-order valence-corrected chi connectivity index (χ2v) is 4.82. The summed E-state index contributed by atoms with van der Waals surface area (Å²) in [6.45, 7) is 3.06. The molecule has 21 heavy (non-hydrogen) atoms. The summed E-state index contributed by atoms with van der Waals surface area (Å²) >= 11 is 0. The number of aromatic nitrogens is 6. The monoisotopic (exact) mass is 285 g/mol. The summed E-state index contributed by atoms with van der Waals surface area (Å²) in [5.74, 6) is 0.371. The fourth-order valence-electron chi connectivity index (χ4n) is 2.15. The van der Waals surface area contributed by atoms with Crippen molar-refractivity contribution in [2.24, 2.45) is 0 Å². The van der Waals surface area contributed by atoms with Gasteiger partial charge in [0.2, 0.25) is 0 Å². The third-order valence-electron chi connectivity index (χ3n) is 3.20. The van der Waals surface area contributed by atoms with Crippen LogP contribution in [-0.2, 0) is 13.1 Å². The van der Waals surface area contributed by atoms with Gasteiger partial charge in [0.25, 0.3) is 5.56 Å². The molecule has 0 saturated carbocycles. The lowest BCUT2D eigenvalue weighted by molar-refractivity contribution is 0.509. The standard InChI is InChI=1S/C13H15N7O/c1-9-5-10(21)20(18-6-9)4-2-3-19-8-17-11-12(14)15-7-16-13(11)19/h5-8H,2-4H2,1H3,(H2,14,15,16). The Bertz CT molecular complexity index is 836. The summed E-state index contributed by atoms with van der Waals surface area (Å²) in [6.07, 6.45) is 5.52. The van der Waals surface area contributed by atoms with Gasteiger partial charge in [-0.2, -0.15) is 5.10 Å². The molecule has 0 spiro atoms. The number of nitrogens with zero attached hydrogens (tertiary/aromatic N) is 6. The molecule has 8 nitrogen and oxygen atoms in total. The van der Waals surface area contributed by atoms with E-state index in [4.69, 9.17) is 5.73 Å². The van der Waals surface area contributed by atoms with E-state index in [0.29, 0.717) is 30.1 Å². The van der Waals surface area contributed by atoms with E-state index >= 15 is 0 Å². The molecular formula is C13H15N7O. The van der Waals surface area contributed by atoms with Crippen LogP contribution in [0.4, 0.5) is 5.82 Å². The minimum absolute atomic E-state index is 0.0861. The molecule has 0 radical (unpaired) electrons. The van der Waals surface area contributed by atoms with Gasteiger partial charge in [0.15, 0.2) is 11.5 Å². The normalized spacial score (nSPS) is 11.1. The van der Waals surface area contributed by atoms with Crippen LogP contribution >= 0.6 is 0 Å². The number of nitrogens with two attached hydrogens (primary N) is 1. The smallest absolute Gasteiger partial charge is 0.266 e. The molecule has 3 aromatic heterocycles. The molecule has 0 fully saturated rings. The summed E-state index contributed by atoms with van der Waals surface area (Å²) in [7, 11) is 0. The Morgan fingerprint density at radius 3 is 2.90 bits per heavy atom. The van der Waals surface area contributed by atoms with E-state index in [-0.39, 0.29) is 5.56 Å². The van der Waals surface area contributed by atoms with Gasteiger partial charge in [-0.1, -0.05) is 0 Å². The van der Waals surface area contributed by atoms with Gasteiger partial charge in [-0.05, 0) is 18.9 Å². The van der Waals surface area contributed by atoms with E-state index in [1.54, 1.807) is 18.6 Å². The van der Waals surface area contributed by atoms with Crippen molar-refractivity contribution < 1.29 is 0 Å². The highest BCUT2D eigenvalue weighted by molar-refractivity contribution is 5.80. The number of imidazole rings is 1. The van der Waals surface area contributed by atoms with Gasteiger partial charge in [-0.15, -0.1) is 0 Å². The summed E-state index contributed by atoms with van der Waals surface area (Å²) in [6, 6.07) is 1.58. The highest BCUT2D eigenvalue weighted by atomic mass is 16.1. The number of hydrogen-bond acceptors (Lipinski definition) is 6. The second kappa shape index (κ2) is 5.31. The van der Waals surface area contributed by atoms with Gasteiger partial charge in [-0.25, -0.2) is 19.6 Å². The molecule has 3 heterocycles. The molecule has 0 atom stereocenters. The first-order chi connectivity index (χ1) is 10.1. The number of nitrogen functional groups attached to an aromatic ring is 1. The number of fused-ring (bicyclic) bond motifs is 1. The van der Waals surface area contributed by atoms with Crippen molar-refractivity contribution in [3.8, 4) is 0 Å². The van der Waals surface area contributed by atoms with Crippen LogP contribution < -0.4 is 11.3 Å². The van der Waals surface area contributed by atoms with Crippen LogP contribution in [0.1, 0.15) is 12.0 Å². The average Bonchev–Trinajstić information content (AvgIpc) is 2.86.